The lowest BCUT2D eigenvalue weighted by Crippen LogP contribution is -1.84. The van der Waals surface area contributed by atoms with Gasteiger partial charge >= 0.3 is 0 Å². The first kappa shape index (κ1) is 8.48. The molecule has 12 heavy (non-hydrogen) atoms. The molecule has 0 N–H and O–H groups in total. The number of Topliss-reactive ketones (excluding diaryl/α,β-unsaturated/α-hetero) is 1. The van der Waals surface area contributed by atoms with E-state index in [1.807, 2.05) is 13.0 Å². The molecule has 0 amide bonds. The predicted molar refractivity (Wildman–Crippen MR) is 46.5 cm³/mol. The fourth-order valence-electron chi connectivity index (χ4n) is 0.783. The molecule has 0 bridgehead atoms. The van der Waals surface area contributed by atoms with Crippen molar-refractivity contribution in [1.29, 1.82) is 0 Å². The van der Waals surface area contributed by atoms with Gasteiger partial charge in [0.05, 0.1) is 0 Å². The average molecular weight is 159 g/mol. The number of rotatable bonds is 0. The monoisotopic (exact) mass is 159 g/mol. The van der Waals surface area contributed by atoms with E-state index in [1.54, 1.807) is 12.3 Å². The number of hydrogen-bond donors (Lipinski definition) is 0. The van der Waals surface area contributed by atoms with Gasteiger partial charge in [-0.15, -0.1) is 0 Å². The second-order valence-electron chi connectivity index (χ2n) is 2.49. The van der Waals surface area contributed by atoms with Crippen molar-refractivity contribution in [1.82, 2.24) is 4.98 Å². The fourth-order valence-corrected chi connectivity index (χ4v) is 0.783. The lowest BCUT2D eigenvalue weighted by molar-refractivity contribution is -0.111. The molecule has 0 unspecified atom stereocenters. The molecule has 0 spiro atoms. The first-order valence-corrected chi connectivity index (χ1v) is 3.64. The van der Waals surface area contributed by atoms with Crippen molar-refractivity contribution in [2.75, 3.05) is 0 Å². The van der Waals surface area contributed by atoms with Gasteiger partial charge in [-0.1, -0.05) is 5.92 Å². The maximum absolute atomic E-state index is 10.5. The molecule has 2 nitrogen and oxygen atoms in total. The number of aromatic nitrogens is 1. The Hall–Kier alpha value is -1.62. The van der Waals surface area contributed by atoms with Gasteiger partial charge in [0.25, 0.3) is 0 Å². The number of aryl methyl sites for hydroxylation is 1. The molecular weight excluding hydrogens is 150 g/mol. The van der Waals surface area contributed by atoms with Crippen LogP contribution >= 0.6 is 0 Å². The number of pyridine rings is 1. The van der Waals surface area contributed by atoms with Crippen molar-refractivity contribution >= 4 is 5.78 Å². The summed E-state index contributed by atoms with van der Waals surface area (Å²) in [6.45, 7) is 3.33. The molecule has 0 aliphatic carbocycles. The molecule has 1 aromatic heterocycles. The summed E-state index contributed by atoms with van der Waals surface area (Å²) < 4.78 is 0. The molecule has 0 atom stereocenters. The lowest BCUT2D eigenvalue weighted by atomic mass is 10.2. The van der Waals surface area contributed by atoms with Gasteiger partial charge in [-0.05, 0) is 25.0 Å². The normalized spacial score (nSPS) is 8.50. The van der Waals surface area contributed by atoms with E-state index in [0.29, 0.717) is 0 Å². The number of hydrogen-bond acceptors (Lipinski definition) is 2. The zero-order valence-corrected chi connectivity index (χ0v) is 7.09. The van der Waals surface area contributed by atoms with Crippen LogP contribution in [0.15, 0.2) is 18.3 Å². The van der Waals surface area contributed by atoms with E-state index >= 15 is 0 Å². The van der Waals surface area contributed by atoms with E-state index in [9.17, 15) is 4.79 Å². The Morgan fingerprint density at radius 3 is 2.92 bits per heavy atom. The largest absolute Gasteiger partial charge is 0.285 e. The maximum atomic E-state index is 10.5. The molecule has 0 radical (unpaired) electrons. The van der Waals surface area contributed by atoms with Crippen molar-refractivity contribution in [3.05, 3.63) is 29.6 Å². The first-order valence-electron chi connectivity index (χ1n) is 3.64. The molecule has 0 aliphatic heterocycles. The van der Waals surface area contributed by atoms with Crippen molar-refractivity contribution < 1.29 is 4.79 Å². The molecule has 2 heteroatoms. The number of carbonyl (C=O) groups is 1. The van der Waals surface area contributed by atoms with Crippen molar-refractivity contribution in [3.8, 4) is 11.8 Å². The van der Waals surface area contributed by atoms with Crippen LogP contribution in [0.1, 0.15) is 18.2 Å². The highest BCUT2D eigenvalue weighted by atomic mass is 16.1. The van der Waals surface area contributed by atoms with Crippen molar-refractivity contribution in [2.45, 2.75) is 13.8 Å². The molecule has 0 aromatic carbocycles. The summed E-state index contributed by atoms with van der Waals surface area (Å²) in [6.07, 6.45) is 1.68. The van der Waals surface area contributed by atoms with Crippen LogP contribution in [-0.2, 0) is 4.79 Å². The van der Waals surface area contributed by atoms with Crippen molar-refractivity contribution in [3.63, 3.8) is 0 Å². The summed E-state index contributed by atoms with van der Waals surface area (Å²) in [6, 6.07) is 3.62. The zero-order valence-electron chi connectivity index (χ0n) is 7.09. The number of carbonyl (C=O) groups excluding carboxylic acids is 1. The number of ketones is 1. The fraction of sp³-hybridized carbons (Fsp3) is 0.200. The van der Waals surface area contributed by atoms with Gasteiger partial charge in [-0.2, -0.15) is 0 Å². The van der Waals surface area contributed by atoms with Crippen LogP contribution in [0.2, 0.25) is 0 Å². The Labute approximate surface area is 71.6 Å². The molecule has 1 heterocycles. The topological polar surface area (TPSA) is 30.0 Å². The summed E-state index contributed by atoms with van der Waals surface area (Å²) in [5.41, 5.74) is 1.74. The molecule has 1 rings (SSSR count). The van der Waals surface area contributed by atoms with Crippen LogP contribution in [0.3, 0.4) is 0 Å². The van der Waals surface area contributed by atoms with Gasteiger partial charge in [0.15, 0.2) is 0 Å². The van der Waals surface area contributed by atoms with Gasteiger partial charge in [-0.3, -0.25) is 9.78 Å². The highest BCUT2D eigenvalue weighted by molar-refractivity contribution is 5.93. The third-order valence-electron chi connectivity index (χ3n) is 1.28. The Kier molecular flexibility index (Phi) is 2.60. The maximum Gasteiger partial charge on any atom is 0.202 e. The lowest BCUT2D eigenvalue weighted by Gasteiger charge is -1.90. The Morgan fingerprint density at radius 1 is 1.58 bits per heavy atom. The molecule has 0 saturated heterocycles. The minimum atomic E-state index is -0.121. The smallest absolute Gasteiger partial charge is 0.202 e. The van der Waals surface area contributed by atoms with Gasteiger partial charge < -0.3 is 0 Å². The molecule has 1 aromatic rings. The van der Waals surface area contributed by atoms with E-state index in [2.05, 4.69) is 16.8 Å². The molecule has 0 fully saturated rings. The van der Waals surface area contributed by atoms with Gasteiger partial charge in [0.2, 0.25) is 5.78 Å². The highest BCUT2D eigenvalue weighted by Crippen LogP contribution is 1.97. The quantitative estimate of drug-likeness (QED) is 0.534. The second-order valence-corrected chi connectivity index (χ2v) is 2.49. The van der Waals surface area contributed by atoms with Crippen LogP contribution in [0.4, 0.5) is 0 Å². The van der Waals surface area contributed by atoms with E-state index < -0.39 is 0 Å². The minimum Gasteiger partial charge on any atom is -0.285 e. The predicted octanol–water partition coefficient (Wildman–Crippen LogP) is 1.33. The molecule has 0 aliphatic rings. The Bertz CT molecular complexity index is 358. The molecule has 60 valence electrons. The molecular formula is C10H9NO. The highest BCUT2D eigenvalue weighted by Gasteiger charge is 1.87. The average Bonchev–Trinajstić information content (AvgIpc) is 2.01. The third-order valence-corrected chi connectivity index (χ3v) is 1.28. The standard InChI is InChI=1S/C10H9NO/c1-8-7-10(5-6-11-8)4-3-9(2)12/h5-7H,1-2H3. The van der Waals surface area contributed by atoms with Crippen LogP contribution in [-0.4, -0.2) is 10.8 Å². The second kappa shape index (κ2) is 3.68. The van der Waals surface area contributed by atoms with Gasteiger partial charge in [0, 0.05) is 24.4 Å². The third kappa shape index (κ3) is 2.55. The van der Waals surface area contributed by atoms with Crippen molar-refractivity contribution in [2.24, 2.45) is 0 Å². The first-order chi connectivity index (χ1) is 5.68. The summed E-state index contributed by atoms with van der Waals surface area (Å²) in [5, 5.41) is 0. The Balaban J connectivity index is 2.92. The van der Waals surface area contributed by atoms with E-state index in [-0.39, 0.29) is 5.78 Å². The van der Waals surface area contributed by atoms with Crippen LogP contribution in [0.5, 0.6) is 0 Å². The molecule has 0 saturated carbocycles. The van der Waals surface area contributed by atoms with E-state index in [4.69, 9.17) is 0 Å². The van der Waals surface area contributed by atoms with Crippen LogP contribution in [0, 0.1) is 18.8 Å². The van der Waals surface area contributed by atoms with E-state index in [1.165, 1.54) is 6.92 Å². The van der Waals surface area contributed by atoms with Crippen LogP contribution in [0.25, 0.3) is 0 Å². The van der Waals surface area contributed by atoms with Gasteiger partial charge in [-0.25, -0.2) is 0 Å². The summed E-state index contributed by atoms with van der Waals surface area (Å²) in [5.74, 6) is 5.10. The summed E-state index contributed by atoms with van der Waals surface area (Å²) in [4.78, 5) is 14.5. The number of nitrogens with zero attached hydrogens (tertiary/aromatic N) is 1. The van der Waals surface area contributed by atoms with Gasteiger partial charge in [0.1, 0.15) is 0 Å². The zero-order chi connectivity index (χ0) is 8.97. The summed E-state index contributed by atoms with van der Waals surface area (Å²) in [7, 11) is 0. The van der Waals surface area contributed by atoms with E-state index in [0.717, 1.165) is 11.3 Å². The Morgan fingerprint density at radius 2 is 2.33 bits per heavy atom. The van der Waals surface area contributed by atoms with Crippen LogP contribution < -0.4 is 0 Å². The SMILES string of the molecule is CC(=O)C#Cc1ccnc(C)c1. The summed E-state index contributed by atoms with van der Waals surface area (Å²) >= 11 is 0. The minimum absolute atomic E-state index is 0.121.